The second-order valence-corrected chi connectivity index (χ2v) is 6.33. The number of aryl methyl sites for hydroxylation is 1. The smallest absolute Gasteiger partial charge is 0.125 e. The molecule has 1 aromatic rings. The highest BCUT2D eigenvalue weighted by atomic mass is 16.5. The number of aliphatic hydroxyl groups excluding tert-OH is 1. The number of benzene rings is 1. The Labute approximate surface area is 125 Å². The van der Waals surface area contributed by atoms with Crippen LogP contribution >= 0.6 is 0 Å². The number of aldehydes is 1. The van der Waals surface area contributed by atoms with Crippen molar-refractivity contribution in [1.82, 2.24) is 5.32 Å². The molecule has 0 bridgehead atoms. The van der Waals surface area contributed by atoms with E-state index in [-0.39, 0.29) is 12.0 Å². The van der Waals surface area contributed by atoms with E-state index in [1.54, 1.807) is 0 Å². The fourth-order valence-electron chi connectivity index (χ4n) is 3.44. The molecular weight excluding hydrogens is 266 g/mol. The fraction of sp³-hybridized carbons (Fsp3) is 0.588. The third-order valence-corrected chi connectivity index (χ3v) is 4.64. The summed E-state index contributed by atoms with van der Waals surface area (Å²) in [7, 11) is 0. The lowest BCUT2D eigenvalue weighted by atomic mass is 9.85. The molecule has 1 aliphatic carbocycles. The summed E-state index contributed by atoms with van der Waals surface area (Å²) in [5.74, 6) is 0.947. The number of nitrogens with one attached hydrogen (secondary N) is 1. The van der Waals surface area contributed by atoms with Crippen LogP contribution in [0.4, 0.5) is 0 Å². The van der Waals surface area contributed by atoms with Crippen LogP contribution in [0.5, 0.6) is 5.75 Å². The normalized spacial score (nSPS) is 32.1. The molecule has 2 aliphatic rings. The summed E-state index contributed by atoms with van der Waals surface area (Å²) in [6.07, 6.45) is 4.51. The van der Waals surface area contributed by atoms with Crippen molar-refractivity contribution in [3.63, 3.8) is 0 Å². The molecule has 3 rings (SSSR count). The van der Waals surface area contributed by atoms with Crippen molar-refractivity contribution in [3.8, 4) is 5.75 Å². The molecule has 4 nitrogen and oxygen atoms in total. The Balaban J connectivity index is 1.67. The summed E-state index contributed by atoms with van der Waals surface area (Å²) in [6.45, 7) is 2.49. The molecule has 2 N–H and O–H groups in total. The highest BCUT2D eigenvalue weighted by Gasteiger charge is 2.32. The fourth-order valence-corrected chi connectivity index (χ4v) is 3.44. The number of carbonyl (C=O) groups is 1. The van der Waals surface area contributed by atoms with Crippen molar-refractivity contribution < 1.29 is 14.6 Å². The van der Waals surface area contributed by atoms with Gasteiger partial charge in [-0.25, -0.2) is 0 Å². The molecule has 1 saturated carbocycles. The predicted octanol–water partition coefficient (Wildman–Crippen LogP) is 2.14. The first-order valence-electron chi connectivity index (χ1n) is 7.80. The molecule has 1 aliphatic heterocycles. The quantitative estimate of drug-likeness (QED) is 0.837. The molecular formula is C17H23NO3. The first-order valence-corrected chi connectivity index (χ1v) is 7.80. The summed E-state index contributed by atoms with van der Waals surface area (Å²) in [4.78, 5) is 11.0. The minimum atomic E-state index is -0.550. The lowest BCUT2D eigenvalue weighted by Crippen LogP contribution is -2.48. The molecule has 0 radical (unpaired) electrons. The zero-order valence-corrected chi connectivity index (χ0v) is 12.4. The van der Waals surface area contributed by atoms with E-state index < -0.39 is 6.10 Å². The molecule has 0 unspecified atom stereocenters. The minimum absolute atomic E-state index is 0.101. The van der Waals surface area contributed by atoms with E-state index in [1.165, 1.54) is 0 Å². The largest absolute Gasteiger partial charge is 0.491 e. The van der Waals surface area contributed by atoms with Crippen LogP contribution < -0.4 is 10.1 Å². The summed E-state index contributed by atoms with van der Waals surface area (Å²) in [5.41, 5.74) is 1.99. The zero-order valence-electron chi connectivity index (χ0n) is 12.4. The zero-order chi connectivity index (χ0) is 14.8. The molecule has 1 fully saturated rings. The highest BCUT2D eigenvalue weighted by Crippen LogP contribution is 2.34. The van der Waals surface area contributed by atoms with Gasteiger partial charge in [-0.2, -0.15) is 0 Å². The van der Waals surface area contributed by atoms with E-state index in [4.69, 9.17) is 4.74 Å². The number of hydrogen-bond acceptors (Lipinski definition) is 4. The molecule has 4 heteroatoms. The van der Waals surface area contributed by atoms with Crippen molar-refractivity contribution in [1.29, 1.82) is 0 Å². The molecule has 1 aromatic carbocycles. The first kappa shape index (κ1) is 14.5. The van der Waals surface area contributed by atoms with Crippen LogP contribution in [-0.2, 0) is 4.79 Å². The van der Waals surface area contributed by atoms with E-state index in [2.05, 4.69) is 5.32 Å². The van der Waals surface area contributed by atoms with Gasteiger partial charge < -0.3 is 20.0 Å². The SMILES string of the molecule is Cc1ccc2c(c1)OC[C@H](N[C@@H]1CCC[C@@H](C=O)C1)[C@@H]2O. The van der Waals surface area contributed by atoms with Crippen LogP contribution in [-0.4, -0.2) is 30.1 Å². The van der Waals surface area contributed by atoms with Crippen LogP contribution in [0.25, 0.3) is 0 Å². The Kier molecular flexibility index (Phi) is 4.27. The van der Waals surface area contributed by atoms with Crippen LogP contribution in [0.1, 0.15) is 42.9 Å². The van der Waals surface area contributed by atoms with E-state index >= 15 is 0 Å². The van der Waals surface area contributed by atoms with Gasteiger partial charge in [0.2, 0.25) is 0 Å². The van der Waals surface area contributed by atoms with Gasteiger partial charge in [0, 0.05) is 17.5 Å². The molecule has 0 spiro atoms. The lowest BCUT2D eigenvalue weighted by Gasteiger charge is -2.36. The minimum Gasteiger partial charge on any atom is -0.491 e. The van der Waals surface area contributed by atoms with E-state index in [9.17, 15) is 9.90 Å². The molecule has 0 saturated heterocycles. The summed E-state index contributed by atoms with van der Waals surface area (Å²) in [5, 5.41) is 14.0. The van der Waals surface area contributed by atoms with Gasteiger partial charge in [0.05, 0.1) is 6.04 Å². The highest BCUT2D eigenvalue weighted by molar-refractivity contribution is 5.53. The Morgan fingerprint density at radius 1 is 1.38 bits per heavy atom. The number of aliphatic hydroxyl groups is 1. The summed E-state index contributed by atoms with van der Waals surface area (Å²) >= 11 is 0. The average Bonchev–Trinajstić information content (AvgIpc) is 2.50. The number of carbonyl (C=O) groups excluding carboxylic acids is 1. The topological polar surface area (TPSA) is 58.6 Å². The Bertz CT molecular complexity index is 517. The van der Waals surface area contributed by atoms with Gasteiger partial charge in [-0.3, -0.25) is 0 Å². The summed E-state index contributed by atoms with van der Waals surface area (Å²) < 4.78 is 5.79. The number of hydrogen-bond donors (Lipinski definition) is 2. The molecule has 4 atom stereocenters. The van der Waals surface area contributed by atoms with Crippen LogP contribution in [0.2, 0.25) is 0 Å². The maximum atomic E-state index is 11.0. The molecule has 114 valence electrons. The monoisotopic (exact) mass is 289 g/mol. The van der Waals surface area contributed by atoms with Gasteiger partial charge in [-0.1, -0.05) is 18.6 Å². The first-order chi connectivity index (χ1) is 10.2. The third-order valence-electron chi connectivity index (χ3n) is 4.64. The summed E-state index contributed by atoms with van der Waals surface area (Å²) in [6, 6.07) is 6.10. The Morgan fingerprint density at radius 2 is 2.24 bits per heavy atom. The van der Waals surface area contributed by atoms with Crippen LogP contribution in [0.3, 0.4) is 0 Å². The number of rotatable bonds is 3. The van der Waals surface area contributed by atoms with Gasteiger partial charge >= 0.3 is 0 Å². The number of fused-ring (bicyclic) bond motifs is 1. The van der Waals surface area contributed by atoms with E-state index in [1.807, 2.05) is 25.1 Å². The van der Waals surface area contributed by atoms with Gasteiger partial charge in [-0.15, -0.1) is 0 Å². The molecule has 21 heavy (non-hydrogen) atoms. The predicted molar refractivity (Wildman–Crippen MR) is 80.4 cm³/mol. The van der Waals surface area contributed by atoms with Gasteiger partial charge in [0.15, 0.2) is 0 Å². The maximum Gasteiger partial charge on any atom is 0.125 e. The van der Waals surface area contributed by atoms with Crippen LogP contribution in [0.15, 0.2) is 18.2 Å². The number of ether oxygens (including phenoxy) is 1. The maximum absolute atomic E-state index is 11.0. The third kappa shape index (κ3) is 3.11. The Hall–Kier alpha value is -1.39. The second kappa shape index (κ2) is 6.16. The standard InChI is InChI=1S/C17H23NO3/c1-11-5-6-14-16(7-11)21-10-15(17(14)20)18-13-4-2-3-12(8-13)9-19/h5-7,9,12-13,15,17-18,20H,2-4,8,10H2,1H3/t12-,13-,15+,17-/m1/s1. The Morgan fingerprint density at radius 3 is 3.05 bits per heavy atom. The van der Waals surface area contributed by atoms with Crippen molar-refractivity contribution in [2.45, 2.75) is 50.8 Å². The van der Waals surface area contributed by atoms with E-state index in [0.717, 1.165) is 48.8 Å². The molecule has 0 aromatic heterocycles. The van der Waals surface area contributed by atoms with Crippen molar-refractivity contribution in [3.05, 3.63) is 29.3 Å². The molecule has 1 heterocycles. The van der Waals surface area contributed by atoms with Crippen molar-refractivity contribution >= 4 is 6.29 Å². The second-order valence-electron chi connectivity index (χ2n) is 6.33. The van der Waals surface area contributed by atoms with E-state index in [0.29, 0.717) is 12.6 Å². The van der Waals surface area contributed by atoms with Gasteiger partial charge in [0.25, 0.3) is 0 Å². The van der Waals surface area contributed by atoms with Crippen molar-refractivity contribution in [2.24, 2.45) is 5.92 Å². The van der Waals surface area contributed by atoms with Gasteiger partial charge in [0.1, 0.15) is 24.7 Å². The van der Waals surface area contributed by atoms with Gasteiger partial charge in [-0.05, 0) is 37.8 Å². The van der Waals surface area contributed by atoms with Crippen LogP contribution in [0, 0.1) is 12.8 Å². The molecule has 0 amide bonds. The average molecular weight is 289 g/mol. The van der Waals surface area contributed by atoms with Crippen molar-refractivity contribution in [2.75, 3.05) is 6.61 Å². The lowest BCUT2D eigenvalue weighted by molar-refractivity contribution is -0.112.